The van der Waals surface area contributed by atoms with Crippen LogP contribution in [0.3, 0.4) is 0 Å². The van der Waals surface area contributed by atoms with Gasteiger partial charge in [-0.25, -0.2) is 0 Å². The van der Waals surface area contributed by atoms with Gasteiger partial charge in [0.2, 0.25) is 5.91 Å². The van der Waals surface area contributed by atoms with Gasteiger partial charge in [0.05, 0.1) is 6.42 Å². The largest absolute Gasteiger partial charge is 0.398 e. The monoisotopic (exact) mass is 262 g/mol. The Balaban J connectivity index is 2.63. The van der Waals surface area contributed by atoms with Crippen LogP contribution in [0.1, 0.15) is 46.6 Å². The molecule has 0 saturated carbocycles. The Morgan fingerprint density at radius 2 is 1.74 bits per heavy atom. The van der Waals surface area contributed by atoms with E-state index in [9.17, 15) is 4.79 Å². The van der Waals surface area contributed by atoms with E-state index >= 15 is 0 Å². The van der Waals surface area contributed by atoms with Crippen molar-refractivity contribution in [3.63, 3.8) is 0 Å². The molecule has 0 atom stereocenters. The number of rotatable bonds is 4. The summed E-state index contributed by atoms with van der Waals surface area (Å²) in [5.74, 6) is 0.0205. The van der Waals surface area contributed by atoms with Gasteiger partial charge in [0.1, 0.15) is 0 Å². The molecule has 1 amide bonds. The second kappa shape index (κ2) is 5.64. The molecule has 0 aliphatic rings. The first-order chi connectivity index (χ1) is 8.59. The van der Waals surface area contributed by atoms with Crippen LogP contribution in [-0.2, 0) is 11.2 Å². The number of nitrogen functional groups attached to an aromatic ring is 1. The number of benzene rings is 1. The molecule has 0 unspecified atom stereocenters. The van der Waals surface area contributed by atoms with Crippen molar-refractivity contribution in [1.29, 1.82) is 0 Å². The van der Waals surface area contributed by atoms with Crippen molar-refractivity contribution < 1.29 is 4.79 Å². The van der Waals surface area contributed by atoms with Gasteiger partial charge < -0.3 is 11.1 Å². The zero-order valence-corrected chi connectivity index (χ0v) is 12.7. The summed E-state index contributed by atoms with van der Waals surface area (Å²) in [6, 6.07) is 7.49. The minimum absolute atomic E-state index is 0.0205. The molecule has 1 aromatic rings. The number of amides is 1. The number of carbonyl (C=O) groups excluding carboxylic acids is 1. The topological polar surface area (TPSA) is 55.1 Å². The van der Waals surface area contributed by atoms with Crippen molar-refractivity contribution in [3.8, 4) is 0 Å². The Bertz CT molecular complexity index is 444. The molecule has 3 heteroatoms. The number of hydrogen-bond acceptors (Lipinski definition) is 2. The summed E-state index contributed by atoms with van der Waals surface area (Å²) in [7, 11) is 0. The zero-order chi connectivity index (χ0) is 14.7. The van der Waals surface area contributed by atoms with E-state index in [0.29, 0.717) is 12.1 Å². The Morgan fingerprint density at radius 3 is 2.26 bits per heavy atom. The molecule has 19 heavy (non-hydrogen) atoms. The lowest BCUT2D eigenvalue weighted by atomic mass is 9.81. The van der Waals surface area contributed by atoms with E-state index in [1.807, 2.05) is 24.3 Å². The van der Waals surface area contributed by atoms with Crippen LogP contribution in [-0.4, -0.2) is 11.4 Å². The molecule has 0 fully saturated rings. The average molecular weight is 262 g/mol. The van der Waals surface area contributed by atoms with E-state index in [0.717, 1.165) is 12.0 Å². The van der Waals surface area contributed by atoms with Gasteiger partial charge in [-0.2, -0.15) is 0 Å². The van der Waals surface area contributed by atoms with Gasteiger partial charge in [-0.05, 0) is 37.3 Å². The number of nitrogens with one attached hydrogen (secondary N) is 1. The lowest BCUT2D eigenvalue weighted by Crippen LogP contribution is -2.46. The Hall–Kier alpha value is -1.51. The molecule has 0 aliphatic heterocycles. The van der Waals surface area contributed by atoms with Crippen LogP contribution in [0.25, 0.3) is 0 Å². The van der Waals surface area contributed by atoms with Crippen LogP contribution in [0, 0.1) is 5.41 Å². The van der Waals surface area contributed by atoms with Crippen LogP contribution in [0.15, 0.2) is 24.3 Å². The highest BCUT2D eigenvalue weighted by atomic mass is 16.1. The molecule has 3 N–H and O–H groups in total. The maximum absolute atomic E-state index is 12.1. The van der Waals surface area contributed by atoms with E-state index in [1.54, 1.807) is 0 Å². The molecule has 0 radical (unpaired) electrons. The summed E-state index contributed by atoms with van der Waals surface area (Å²) >= 11 is 0. The SMILES string of the molecule is CC(C)(C)CC(C)(C)NC(=O)Cc1ccccc1N. The number of carbonyl (C=O) groups is 1. The van der Waals surface area contributed by atoms with Crippen molar-refractivity contribution in [2.45, 2.75) is 53.0 Å². The molecule has 0 aliphatic carbocycles. The van der Waals surface area contributed by atoms with Gasteiger partial charge in [0.15, 0.2) is 0 Å². The molecule has 0 heterocycles. The van der Waals surface area contributed by atoms with Gasteiger partial charge in [-0.3, -0.25) is 4.79 Å². The molecule has 1 aromatic carbocycles. The van der Waals surface area contributed by atoms with Crippen LogP contribution in [0.5, 0.6) is 0 Å². The maximum Gasteiger partial charge on any atom is 0.224 e. The number of hydrogen-bond donors (Lipinski definition) is 2. The summed E-state index contributed by atoms with van der Waals surface area (Å²) < 4.78 is 0. The van der Waals surface area contributed by atoms with Crippen LogP contribution in [0.4, 0.5) is 5.69 Å². The fourth-order valence-electron chi connectivity index (χ4n) is 2.66. The van der Waals surface area contributed by atoms with Gasteiger partial charge in [-0.1, -0.05) is 39.0 Å². The summed E-state index contributed by atoms with van der Waals surface area (Å²) in [6.45, 7) is 10.7. The van der Waals surface area contributed by atoms with Crippen LogP contribution in [0.2, 0.25) is 0 Å². The van der Waals surface area contributed by atoms with Crippen LogP contribution >= 0.6 is 0 Å². The molecular weight excluding hydrogens is 236 g/mol. The third-order valence-electron chi connectivity index (χ3n) is 2.86. The van der Waals surface area contributed by atoms with Crippen LogP contribution < -0.4 is 11.1 Å². The summed E-state index contributed by atoms with van der Waals surface area (Å²) in [6.07, 6.45) is 1.26. The second-order valence-electron chi connectivity index (χ2n) is 7.05. The fraction of sp³-hybridized carbons (Fsp3) is 0.562. The minimum atomic E-state index is -0.209. The van der Waals surface area contributed by atoms with Gasteiger partial charge >= 0.3 is 0 Å². The highest BCUT2D eigenvalue weighted by molar-refractivity contribution is 5.80. The number of anilines is 1. The summed E-state index contributed by atoms with van der Waals surface area (Å²) in [5.41, 5.74) is 7.38. The molecule has 0 bridgehead atoms. The zero-order valence-electron chi connectivity index (χ0n) is 12.7. The molecule has 0 aromatic heterocycles. The highest BCUT2D eigenvalue weighted by Gasteiger charge is 2.26. The predicted octanol–water partition coefficient (Wildman–Crippen LogP) is 3.14. The van der Waals surface area contributed by atoms with E-state index in [4.69, 9.17) is 5.73 Å². The van der Waals surface area contributed by atoms with Crippen molar-refractivity contribution in [2.24, 2.45) is 5.41 Å². The lowest BCUT2D eigenvalue weighted by Gasteiger charge is -2.33. The van der Waals surface area contributed by atoms with E-state index in [1.165, 1.54) is 0 Å². The van der Waals surface area contributed by atoms with Crippen molar-refractivity contribution in [2.75, 3.05) is 5.73 Å². The standard InChI is InChI=1S/C16H26N2O/c1-15(2,3)11-16(4,5)18-14(19)10-12-8-6-7-9-13(12)17/h6-9H,10-11,17H2,1-5H3,(H,18,19). The fourth-order valence-corrected chi connectivity index (χ4v) is 2.66. The highest BCUT2D eigenvalue weighted by Crippen LogP contribution is 2.26. The second-order valence-corrected chi connectivity index (χ2v) is 7.05. The quantitative estimate of drug-likeness (QED) is 0.819. The predicted molar refractivity (Wildman–Crippen MR) is 80.9 cm³/mol. The molecule has 1 rings (SSSR count). The van der Waals surface area contributed by atoms with Gasteiger partial charge in [0, 0.05) is 11.2 Å². The number of para-hydroxylation sites is 1. The summed E-state index contributed by atoms with van der Waals surface area (Å²) in [5, 5.41) is 3.09. The molecule has 106 valence electrons. The van der Waals surface area contributed by atoms with E-state index in [2.05, 4.69) is 39.9 Å². The third-order valence-corrected chi connectivity index (χ3v) is 2.86. The molecule has 0 spiro atoms. The Labute approximate surface area is 116 Å². The van der Waals surface area contributed by atoms with E-state index in [-0.39, 0.29) is 16.9 Å². The van der Waals surface area contributed by atoms with Gasteiger partial charge in [-0.15, -0.1) is 0 Å². The van der Waals surface area contributed by atoms with Crippen molar-refractivity contribution in [1.82, 2.24) is 5.32 Å². The average Bonchev–Trinajstić information content (AvgIpc) is 2.16. The smallest absolute Gasteiger partial charge is 0.224 e. The molecule has 3 nitrogen and oxygen atoms in total. The lowest BCUT2D eigenvalue weighted by molar-refractivity contribution is -0.122. The normalized spacial score (nSPS) is 12.3. The Kier molecular flexibility index (Phi) is 4.61. The van der Waals surface area contributed by atoms with E-state index < -0.39 is 0 Å². The maximum atomic E-state index is 12.1. The summed E-state index contributed by atoms with van der Waals surface area (Å²) in [4.78, 5) is 12.1. The minimum Gasteiger partial charge on any atom is -0.398 e. The first kappa shape index (κ1) is 15.5. The Morgan fingerprint density at radius 1 is 1.16 bits per heavy atom. The first-order valence-corrected chi connectivity index (χ1v) is 6.73. The molecule has 0 saturated heterocycles. The number of nitrogens with two attached hydrogens (primary N) is 1. The van der Waals surface area contributed by atoms with Crippen molar-refractivity contribution in [3.05, 3.63) is 29.8 Å². The van der Waals surface area contributed by atoms with Crippen molar-refractivity contribution >= 4 is 11.6 Å². The third kappa shape index (κ3) is 5.77. The molecular formula is C16H26N2O. The first-order valence-electron chi connectivity index (χ1n) is 6.73. The van der Waals surface area contributed by atoms with Gasteiger partial charge in [0.25, 0.3) is 0 Å².